The maximum Gasteiger partial charge on any atom is 0.305 e. The molecule has 19 heavy (non-hydrogen) atoms. The van der Waals surface area contributed by atoms with Crippen molar-refractivity contribution < 1.29 is 9.53 Å². The van der Waals surface area contributed by atoms with Crippen LogP contribution in [0.4, 0.5) is 0 Å². The molecule has 112 valence electrons. The molecule has 0 aliphatic heterocycles. The van der Waals surface area contributed by atoms with Crippen LogP contribution in [0, 0.1) is 0 Å². The van der Waals surface area contributed by atoms with Gasteiger partial charge in [0.05, 0.1) is 6.61 Å². The fourth-order valence-electron chi connectivity index (χ4n) is 1.96. The molecule has 0 saturated heterocycles. The smallest absolute Gasteiger partial charge is 0.305 e. The number of ether oxygens (including phenoxy) is 1. The zero-order chi connectivity index (χ0) is 14.2. The quantitative estimate of drug-likeness (QED) is 0.253. The summed E-state index contributed by atoms with van der Waals surface area (Å²) < 4.78 is 5.22. The molecule has 0 bridgehead atoms. The lowest BCUT2D eigenvalue weighted by atomic mass is 10.1. The van der Waals surface area contributed by atoms with Gasteiger partial charge in [-0.1, -0.05) is 51.7 Å². The van der Waals surface area contributed by atoms with Crippen LogP contribution in [-0.2, 0) is 9.53 Å². The Morgan fingerprint density at radius 3 is 2.37 bits per heavy atom. The normalized spacial score (nSPS) is 11.1. The van der Waals surface area contributed by atoms with Gasteiger partial charge in [-0.2, -0.15) is 0 Å². The molecule has 0 unspecified atom stereocenters. The van der Waals surface area contributed by atoms with E-state index in [-0.39, 0.29) is 5.97 Å². The minimum absolute atomic E-state index is 0.0117. The van der Waals surface area contributed by atoms with Gasteiger partial charge in [0, 0.05) is 6.42 Å². The van der Waals surface area contributed by atoms with Gasteiger partial charge in [0.25, 0.3) is 0 Å². The van der Waals surface area contributed by atoms with Crippen LogP contribution in [0.25, 0.3) is 0 Å². The van der Waals surface area contributed by atoms with Crippen molar-refractivity contribution in [3.05, 3.63) is 12.2 Å². The summed E-state index contributed by atoms with van der Waals surface area (Å²) in [6.45, 7) is 4.95. The Kier molecular flexibility index (Phi) is 14.6. The summed E-state index contributed by atoms with van der Waals surface area (Å²) in [6, 6.07) is 0. The van der Waals surface area contributed by atoms with Gasteiger partial charge in [-0.15, -0.1) is 0 Å². The van der Waals surface area contributed by atoms with E-state index < -0.39 is 0 Å². The molecule has 0 N–H and O–H groups in total. The van der Waals surface area contributed by atoms with Crippen molar-refractivity contribution in [1.29, 1.82) is 0 Å². The highest BCUT2D eigenvalue weighted by Gasteiger charge is 2.01. The van der Waals surface area contributed by atoms with Gasteiger partial charge >= 0.3 is 5.97 Å². The molecule has 2 heteroatoms. The molecule has 0 atom stereocenters. The van der Waals surface area contributed by atoms with E-state index in [1.807, 2.05) is 0 Å². The molecular formula is C17H32O2. The molecular weight excluding hydrogens is 236 g/mol. The standard InChI is InChI=1S/C17H32O2/c1-3-5-7-9-10-12-14-16-19-17(18)15-13-11-8-6-4-2/h5,7H,3-4,6,8-16H2,1-2H3/b7-5-. The van der Waals surface area contributed by atoms with Crippen LogP contribution in [0.2, 0.25) is 0 Å². The zero-order valence-corrected chi connectivity index (χ0v) is 13.0. The summed E-state index contributed by atoms with van der Waals surface area (Å²) in [5.41, 5.74) is 0. The average Bonchev–Trinajstić information content (AvgIpc) is 2.41. The van der Waals surface area contributed by atoms with Crippen molar-refractivity contribution >= 4 is 5.97 Å². The van der Waals surface area contributed by atoms with Gasteiger partial charge in [0.15, 0.2) is 0 Å². The summed E-state index contributed by atoms with van der Waals surface area (Å²) in [5, 5.41) is 0. The van der Waals surface area contributed by atoms with E-state index in [4.69, 9.17) is 4.74 Å². The first kappa shape index (κ1) is 18.2. The van der Waals surface area contributed by atoms with Crippen molar-refractivity contribution in [3.63, 3.8) is 0 Å². The van der Waals surface area contributed by atoms with Crippen molar-refractivity contribution in [2.75, 3.05) is 6.61 Å². The lowest BCUT2D eigenvalue weighted by Crippen LogP contribution is -2.05. The molecule has 2 nitrogen and oxygen atoms in total. The molecule has 0 aliphatic carbocycles. The van der Waals surface area contributed by atoms with E-state index in [0.29, 0.717) is 13.0 Å². The molecule has 0 aliphatic rings. The van der Waals surface area contributed by atoms with Gasteiger partial charge in [-0.3, -0.25) is 4.79 Å². The number of esters is 1. The van der Waals surface area contributed by atoms with Crippen LogP contribution in [0.1, 0.15) is 84.5 Å². The zero-order valence-electron chi connectivity index (χ0n) is 13.0. The van der Waals surface area contributed by atoms with Crippen molar-refractivity contribution in [3.8, 4) is 0 Å². The van der Waals surface area contributed by atoms with E-state index in [2.05, 4.69) is 26.0 Å². The number of unbranched alkanes of at least 4 members (excludes halogenated alkanes) is 7. The molecule has 0 rings (SSSR count). The van der Waals surface area contributed by atoms with E-state index in [1.54, 1.807) is 0 Å². The predicted octanol–water partition coefficient (Wildman–Crippen LogP) is 5.42. The third-order valence-electron chi connectivity index (χ3n) is 3.17. The number of carbonyl (C=O) groups excluding carboxylic acids is 1. The van der Waals surface area contributed by atoms with Crippen LogP contribution >= 0.6 is 0 Å². The maximum absolute atomic E-state index is 11.4. The van der Waals surface area contributed by atoms with Crippen LogP contribution in [0.3, 0.4) is 0 Å². The van der Waals surface area contributed by atoms with Crippen LogP contribution < -0.4 is 0 Å². The van der Waals surface area contributed by atoms with Gasteiger partial charge in [0.2, 0.25) is 0 Å². The molecule has 0 radical (unpaired) electrons. The minimum atomic E-state index is -0.0117. The lowest BCUT2D eigenvalue weighted by Gasteiger charge is -2.04. The first-order valence-corrected chi connectivity index (χ1v) is 8.11. The van der Waals surface area contributed by atoms with E-state index in [9.17, 15) is 4.79 Å². The number of rotatable bonds is 13. The molecule has 0 heterocycles. The summed E-state index contributed by atoms with van der Waals surface area (Å²) >= 11 is 0. The van der Waals surface area contributed by atoms with Gasteiger partial charge in [-0.25, -0.2) is 0 Å². The molecule has 0 amide bonds. The SMILES string of the molecule is CC/C=C\CCCCCOC(=O)CCCCCCC. The highest BCUT2D eigenvalue weighted by Crippen LogP contribution is 2.06. The second kappa shape index (κ2) is 15.3. The summed E-state index contributed by atoms with van der Waals surface area (Å²) in [6.07, 6.45) is 16.6. The number of carbonyl (C=O) groups is 1. The Balaban J connectivity index is 3.18. The van der Waals surface area contributed by atoms with Crippen molar-refractivity contribution in [1.82, 2.24) is 0 Å². The second-order valence-corrected chi connectivity index (χ2v) is 5.11. The van der Waals surface area contributed by atoms with E-state index in [0.717, 1.165) is 38.5 Å². The lowest BCUT2D eigenvalue weighted by molar-refractivity contribution is -0.143. The largest absolute Gasteiger partial charge is 0.466 e. The summed E-state index contributed by atoms with van der Waals surface area (Å²) in [4.78, 5) is 11.4. The third kappa shape index (κ3) is 15.2. The van der Waals surface area contributed by atoms with E-state index in [1.165, 1.54) is 25.7 Å². The van der Waals surface area contributed by atoms with Crippen LogP contribution in [-0.4, -0.2) is 12.6 Å². The number of hydrogen-bond donors (Lipinski definition) is 0. The van der Waals surface area contributed by atoms with Gasteiger partial charge < -0.3 is 4.74 Å². The molecule has 0 fully saturated rings. The minimum Gasteiger partial charge on any atom is -0.466 e. The topological polar surface area (TPSA) is 26.3 Å². The highest BCUT2D eigenvalue weighted by molar-refractivity contribution is 5.69. The Morgan fingerprint density at radius 2 is 1.63 bits per heavy atom. The first-order chi connectivity index (χ1) is 9.31. The third-order valence-corrected chi connectivity index (χ3v) is 3.17. The molecule has 0 saturated carbocycles. The Labute approximate surface area is 119 Å². The second-order valence-electron chi connectivity index (χ2n) is 5.11. The van der Waals surface area contributed by atoms with Crippen molar-refractivity contribution in [2.45, 2.75) is 84.5 Å². The predicted molar refractivity (Wildman–Crippen MR) is 82.2 cm³/mol. The van der Waals surface area contributed by atoms with Crippen molar-refractivity contribution in [2.24, 2.45) is 0 Å². The molecule has 0 spiro atoms. The fraction of sp³-hybridized carbons (Fsp3) is 0.824. The summed E-state index contributed by atoms with van der Waals surface area (Å²) in [5.74, 6) is -0.0117. The first-order valence-electron chi connectivity index (χ1n) is 8.11. The Bertz CT molecular complexity index is 221. The van der Waals surface area contributed by atoms with Crippen LogP contribution in [0.15, 0.2) is 12.2 Å². The van der Waals surface area contributed by atoms with E-state index >= 15 is 0 Å². The van der Waals surface area contributed by atoms with Crippen LogP contribution in [0.5, 0.6) is 0 Å². The molecule has 0 aromatic rings. The maximum atomic E-state index is 11.4. The number of hydrogen-bond acceptors (Lipinski definition) is 2. The van der Waals surface area contributed by atoms with Gasteiger partial charge in [-0.05, 0) is 38.5 Å². The number of allylic oxidation sites excluding steroid dienone is 2. The average molecular weight is 268 g/mol. The Morgan fingerprint density at radius 1 is 0.895 bits per heavy atom. The highest BCUT2D eigenvalue weighted by atomic mass is 16.5. The fourth-order valence-corrected chi connectivity index (χ4v) is 1.96. The summed E-state index contributed by atoms with van der Waals surface area (Å²) in [7, 11) is 0. The monoisotopic (exact) mass is 268 g/mol. The Hall–Kier alpha value is -0.790. The molecule has 0 aromatic heterocycles. The molecule has 0 aromatic carbocycles. The van der Waals surface area contributed by atoms with Gasteiger partial charge in [0.1, 0.15) is 0 Å².